The van der Waals surface area contributed by atoms with E-state index in [2.05, 4.69) is 13.0 Å². The van der Waals surface area contributed by atoms with Gasteiger partial charge in [0.25, 0.3) is 0 Å². The Labute approximate surface area is 51.4 Å². The van der Waals surface area contributed by atoms with Crippen LogP contribution in [0.25, 0.3) is 0 Å². The lowest BCUT2D eigenvalue weighted by Gasteiger charge is -2.03. The van der Waals surface area contributed by atoms with E-state index in [9.17, 15) is 0 Å². The largest absolute Gasteiger partial charge is 0.381 e. The van der Waals surface area contributed by atoms with Crippen molar-refractivity contribution in [3.05, 3.63) is 12.2 Å². The summed E-state index contributed by atoms with van der Waals surface area (Å²) in [6, 6.07) is 0. The quantitative estimate of drug-likeness (QED) is 0.510. The predicted octanol–water partition coefficient (Wildman–Crippen LogP) is 1.99. The van der Waals surface area contributed by atoms with Crippen molar-refractivity contribution < 1.29 is 4.74 Å². The van der Waals surface area contributed by atoms with Crippen molar-refractivity contribution in [2.45, 2.75) is 26.4 Å². The van der Waals surface area contributed by atoms with Crippen molar-refractivity contribution >= 4 is 0 Å². The number of hydrogen-bond donors (Lipinski definition) is 0. The first kappa shape index (κ1) is 7.70. The first-order valence-electron chi connectivity index (χ1n) is 2.95. The number of ether oxygens (including phenoxy) is 1. The SMILES string of the molecule is C/C=C\C[C@H](C)OC. The molecule has 1 atom stereocenters. The van der Waals surface area contributed by atoms with Crippen molar-refractivity contribution in [3.8, 4) is 0 Å². The minimum atomic E-state index is 0.367. The molecule has 0 N–H and O–H groups in total. The molecule has 1 heteroatoms. The van der Waals surface area contributed by atoms with Gasteiger partial charge >= 0.3 is 0 Å². The summed E-state index contributed by atoms with van der Waals surface area (Å²) in [5.74, 6) is 0. The fourth-order valence-electron chi connectivity index (χ4n) is 0.424. The highest BCUT2D eigenvalue weighted by Crippen LogP contribution is 1.94. The van der Waals surface area contributed by atoms with E-state index in [1.54, 1.807) is 7.11 Å². The lowest BCUT2D eigenvalue weighted by molar-refractivity contribution is 0.121. The summed E-state index contributed by atoms with van der Waals surface area (Å²) in [5, 5.41) is 0. The van der Waals surface area contributed by atoms with Crippen molar-refractivity contribution in [1.29, 1.82) is 0 Å². The van der Waals surface area contributed by atoms with Crippen LogP contribution in [0.2, 0.25) is 0 Å². The summed E-state index contributed by atoms with van der Waals surface area (Å²) in [4.78, 5) is 0. The maximum absolute atomic E-state index is 5.00. The molecule has 0 aliphatic heterocycles. The third-order valence-electron chi connectivity index (χ3n) is 1.11. The molecule has 0 aromatic carbocycles. The third kappa shape index (κ3) is 3.88. The molecule has 0 aliphatic rings. The van der Waals surface area contributed by atoms with Gasteiger partial charge in [0.2, 0.25) is 0 Å². The van der Waals surface area contributed by atoms with Crippen LogP contribution in [-0.4, -0.2) is 13.2 Å². The molecule has 0 unspecified atom stereocenters. The monoisotopic (exact) mass is 114 g/mol. The van der Waals surface area contributed by atoms with Crippen LogP contribution in [-0.2, 0) is 4.74 Å². The summed E-state index contributed by atoms with van der Waals surface area (Å²) >= 11 is 0. The van der Waals surface area contributed by atoms with E-state index in [0.29, 0.717) is 6.10 Å². The molecule has 0 aromatic heterocycles. The van der Waals surface area contributed by atoms with Crippen LogP contribution < -0.4 is 0 Å². The second-order valence-electron chi connectivity index (χ2n) is 1.85. The Morgan fingerprint density at radius 3 is 2.62 bits per heavy atom. The molecular formula is C7H14O. The Balaban J connectivity index is 3.10. The molecule has 0 spiro atoms. The van der Waals surface area contributed by atoms with E-state index in [1.165, 1.54) is 0 Å². The van der Waals surface area contributed by atoms with Gasteiger partial charge in [0.15, 0.2) is 0 Å². The van der Waals surface area contributed by atoms with Gasteiger partial charge in [0, 0.05) is 7.11 Å². The maximum Gasteiger partial charge on any atom is 0.0577 e. The fraction of sp³-hybridized carbons (Fsp3) is 0.714. The normalized spacial score (nSPS) is 14.9. The van der Waals surface area contributed by atoms with Gasteiger partial charge in [0.05, 0.1) is 6.10 Å². The minimum absolute atomic E-state index is 0.367. The van der Waals surface area contributed by atoms with Gasteiger partial charge < -0.3 is 4.74 Å². The third-order valence-corrected chi connectivity index (χ3v) is 1.11. The van der Waals surface area contributed by atoms with E-state index in [4.69, 9.17) is 4.74 Å². The number of hydrogen-bond acceptors (Lipinski definition) is 1. The van der Waals surface area contributed by atoms with E-state index in [1.807, 2.05) is 13.0 Å². The van der Waals surface area contributed by atoms with E-state index >= 15 is 0 Å². The average molecular weight is 114 g/mol. The maximum atomic E-state index is 5.00. The van der Waals surface area contributed by atoms with Gasteiger partial charge in [-0.15, -0.1) is 0 Å². The Morgan fingerprint density at radius 2 is 2.25 bits per heavy atom. The molecule has 0 rings (SSSR count). The first-order valence-corrected chi connectivity index (χ1v) is 2.95. The molecule has 0 radical (unpaired) electrons. The highest BCUT2D eigenvalue weighted by molar-refractivity contribution is 4.78. The van der Waals surface area contributed by atoms with Crippen LogP contribution in [0.4, 0.5) is 0 Å². The Morgan fingerprint density at radius 1 is 1.62 bits per heavy atom. The van der Waals surface area contributed by atoms with Crippen molar-refractivity contribution in [1.82, 2.24) is 0 Å². The summed E-state index contributed by atoms with van der Waals surface area (Å²) in [6.45, 7) is 4.07. The Hall–Kier alpha value is -0.300. The standard InChI is InChI=1S/C7H14O/c1-4-5-6-7(2)8-3/h4-5,7H,6H2,1-3H3/b5-4-/t7-/m0/s1. The second-order valence-corrected chi connectivity index (χ2v) is 1.85. The summed E-state index contributed by atoms with van der Waals surface area (Å²) in [6.07, 6.45) is 5.53. The van der Waals surface area contributed by atoms with E-state index < -0.39 is 0 Å². The van der Waals surface area contributed by atoms with Crippen LogP contribution in [0.5, 0.6) is 0 Å². The van der Waals surface area contributed by atoms with Crippen molar-refractivity contribution in [2.24, 2.45) is 0 Å². The molecule has 0 aromatic rings. The zero-order valence-corrected chi connectivity index (χ0v) is 5.85. The Kier molecular flexibility index (Phi) is 4.67. The lowest BCUT2D eigenvalue weighted by atomic mass is 10.3. The number of methoxy groups -OCH3 is 1. The highest BCUT2D eigenvalue weighted by atomic mass is 16.5. The van der Waals surface area contributed by atoms with Crippen LogP contribution in [0, 0.1) is 0 Å². The molecule has 0 bridgehead atoms. The molecular weight excluding hydrogens is 100 g/mol. The van der Waals surface area contributed by atoms with Gasteiger partial charge in [-0.05, 0) is 20.3 Å². The van der Waals surface area contributed by atoms with E-state index in [0.717, 1.165) is 6.42 Å². The smallest absolute Gasteiger partial charge is 0.0577 e. The van der Waals surface area contributed by atoms with Gasteiger partial charge in [-0.25, -0.2) is 0 Å². The van der Waals surface area contributed by atoms with Gasteiger partial charge in [-0.2, -0.15) is 0 Å². The zero-order chi connectivity index (χ0) is 6.41. The average Bonchev–Trinajstić information content (AvgIpc) is 1.83. The molecule has 8 heavy (non-hydrogen) atoms. The fourth-order valence-corrected chi connectivity index (χ4v) is 0.424. The molecule has 0 heterocycles. The van der Waals surface area contributed by atoms with E-state index in [-0.39, 0.29) is 0 Å². The Bertz CT molecular complexity index is 66.8. The lowest BCUT2D eigenvalue weighted by Crippen LogP contribution is -2.01. The number of rotatable bonds is 3. The molecule has 0 saturated carbocycles. The summed E-state index contributed by atoms with van der Waals surface area (Å²) in [5.41, 5.74) is 0. The predicted molar refractivity (Wildman–Crippen MR) is 35.9 cm³/mol. The van der Waals surface area contributed by atoms with Crippen LogP contribution in [0.3, 0.4) is 0 Å². The van der Waals surface area contributed by atoms with Crippen molar-refractivity contribution in [3.63, 3.8) is 0 Å². The topological polar surface area (TPSA) is 9.23 Å². The minimum Gasteiger partial charge on any atom is -0.381 e. The molecule has 0 aliphatic carbocycles. The molecule has 1 nitrogen and oxygen atoms in total. The highest BCUT2D eigenvalue weighted by Gasteiger charge is 1.91. The zero-order valence-electron chi connectivity index (χ0n) is 5.85. The second kappa shape index (κ2) is 4.85. The van der Waals surface area contributed by atoms with Gasteiger partial charge in [-0.1, -0.05) is 12.2 Å². The van der Waals surface area contributed by atoms with Gasteiger partial charge in [0.1, 0.15) is 0 Å². The van der Waals surface area contributed by atoms with Crippen LogP contribution >= 0.6 is 0 Å². The molecule has 0 amide bonds. The van der Waals surface area contributed by atoms with Crippen LogP contribution in [0.1, 0.15) is 20.3 Å². The van der Waals surface area contributed by atoms with Gasteiger partial charge in [-0.3, -0.25) is 0 Å². The number of allylic oxidation sites excluding steroid dienone is 1. The molecule has 0 fully saturated rings. The molecule has 48 valence electrons. The first-order chi connectivity index (χ1) is 3.81. The summed E-state index contributed by atoms with van der Waals surface area (Å²) < 4.78 is 5.00. The summed E-state index contributed by atoms with van der Waals surface area (Å²) in [7, 11) is 1.73. The van der Waals surface area contributed by atoms with Crippen LogP contribution in [0.15, 0.2) is 12.2 Å². The van der Waals surface area contributed by atoms with Crippen molar-refractivity contribution in [2.75, 3.05) is 7.11 Å². The molecule has 0 saturated heterocycles.